The Balaban J connectivity index is 2.49. The van der Waals surface area contributed by atoms with Crippen molar-refractivity contribution in [3.63, 3.8) is 0 Å². The van der Waals surface area contributed by atoms with Crippen molar-refractivity contribution in [3.8, 4) is 0 Å². The standard InChI is InChI=1S/C17H32N2O/c1-13(2)9-15(5)19(6)12-17-16(7-8-20-17)11-18-10-14(3)4/h7-8,13-15,18H,9-12H2,1-6H3. The molecular weight excluding hydrogens is 248 g/mol. The van der Waals surface area contributed by atoms with Gasteiger partial charge >= 0.3 is 0 Å². The maximum atomic E-state index is 5.67. The zero-order valence-corrected chi connectivity index (χ0v) is 14.1. The van der Waals surface area contributed by atoms with E-state index in [9.17, 15) is 0 Å². The number of nitrogens with zero attached hydrogens (tertiary/aromatic N) is 1. The topological polar surface area (TPSA) is 28.4 Å². The molecule has 0 radical (unpaired) electrons. The van der Waals surface area contributed by atoms with Crippen molar-refractivity contribution in [3.05, 3.63) is 23.7 Å². The van der Waals surface area contributed by atoms with Crippen LogP contribution in [0.25, 0.3) is 0 Å². The average molecular weight is 280 g/mol. The fraction of sp³-hybridized carbons (Fsp3) is 0.765. The molecule has 0 spiro atoms. The van der Waals surface area contributed by atoms with Crippen LogP contribution in [0.3, 0.4) is 0 Å². The van der Waals surface area contributed by atoms with Gasteiger partial charge in [-0.15, -0.1) is 0 Å². The molecule has 1 atom stereocenters. The van der Waals surface area contributed by atoms with Crippen molar-refractivity contribution in [2.75, 3.05) is 13.6 Å². The number of furan rings is 1. The second-order valence-corrected chi connectivity index (χ2v) is 6.79. The van der Waals surface area contributed by atoms with Crippen molar-refractivity contribution in [1.29, 1.82) is 0 Å². The second-order valence-electron chi connectivity index (χ2n) is 6.79. The van der Waals surface area contributed by atoms with E-state index in [0.717, 1.165) is 31.3 Å². The Morgan fingerprint density at radius 1 is 1.15 bits per heavy atom. The highest BCUT2D eigenvalue weighted by atomic mass is 16.3. The maximum absolute atomic E-state index is 5.67. The highest BCUT2D eigenvalue weighted by molar-refractivity contribution is 5.16. The van der Waals surface area contributed by atoms with E-state index in [-0.39, 0.29) is 0 Å². The molecule has 0 aliphatic heterocycles. The van der Waals surface area contributed by atoms with Crippen LogP contribution in [0.1, 0.15) is 52.4 Å². The minimum absolute atomic E-state index is 0.580. The van der Waals surface area contributed by atoms with E-state index < -0.39 is 0 Å². The molecule has 0 saturated heterocycles. The van der Waals surface area contributed by atoms with Crippen LogP contribution in [0.15, 0.2) is 16.7 Å². The van der Waals surface area contributed by atoms with Gasteiger partial charge in [0.05, 0.1) is 12.8 Å². The van der Waals surface area contributed by atoms with Gasteiger partial charge in [-0.05, 0) is 44.8 Å². The molecule has 1 N–H and O–H groups in total. The van der Waals surface area contributed by atoms with E-state index in [0.29, 0.717) is 12.0 Å². The molecule has 0 aromatic carbocycles. The average Bonchev–Trinajstić information content (AvgIpc) is 2.75. The Kier molecular flexibility index (Phi) is 7.31. The van der Waals surface area contributed by atoms with Gasteiger partial charge in [-0.3, -0.25) is 4.90 Å². The molecule has 0 bridgehead atoms. The summed E-state index contributed by atoms with van der Waals surface area (Å²) >= 11 is 0. The smallest absolute Gasteiger partial charge is 0.122 e. The Labute approximate surface area is 124 Å². The summed E-state index contributed by atoms with van der Waals surface area (Å²) in [5, 5.41) is 3.48. The molecule has 0 saturated carbocycles. The normalized spacial score (nSPS) is 13.7. The zero-order valence-electron chi connectivity index (χ0n) is 14.1. The molecule has 20 heavy (non-hydrogen) atoms. The third kappa shape index (κ3) is 6.10. The minimum atomic E-state index is 0.580. The third-order valence-corrected chi connectivity index (χ3v) is 3.66. The summed E-state index contributed by atoms with van der Waals surface area (Å²) in [4.78, 5) is 2.38. The monoisotopic (exact) mass is 280 g/mol. The van der Waals surface area contributed by atoms with Crippen LogP contribution in [0.4, 0.5) is 0 Å². The van der Waals surface area contributed by atoms with Crippen LogP contribution in [0.2, 0.25) is 0 Å². The quantitative estimate of drug-likeness (QED) is 0.744. The van der Waals surface area contributed by atoms with Crippen LogP contribution in [0, 0.1) is 11.8 Å². The van der Waals surface area contributed by atoms with Crippen LogP contribution in [-0.4, -0.2) is 24.5 Å². The van der Waals surface area contributed by atoms with Crippen LogP contribution in [-0.2, 0) is 13.1 Å². The fourth-order valence-electron chi connectivity index (χ4n) is 2.40. The third-order valence-electron chi connectivity index (χ3n) is 3.66. The highest BCUT2D eigenvalue weighted by Gasteiger charge is 2.15. The van der Waals surface area contributed by atoms with Gasteiger partial charge in [0.2, 0.25) is 0 Å². The molecule has 0 aliphatic carbocycles. The van der Waals surface area contributed by atoms with E-state index in [1.807, 2.05) is 6.26 Å². The molecular formula is C17H32N2O. The Bertz CT molecular complexity index is 371. The Morgan fingerprint density at radius 2 is 1.85 bits per heavy atom. The van der Waals surface area contributed by atoms with Gasteiger partial charge < -0.3 is 9.73 Å². The lowest BCUT2D eigenvalue weighted by atomic mass is 10.0. The summed E-state index contributed by atoms with van der Waals surface area (Å²) in [5.41, 5.74) is 1.29. The largest absolute Gasteiger partial charge is 0.468 e. The van der Waals surface area contributed by atoms with Crippen molar-refractivity contribution >= 4 is 0 Å². The Morgan fingerprint density at radius 3 is 2.45 bits per heavy atom. The zero-order chi connectivity index (χ0) is 15.1. The van der Waals surface area contributed by atoms with E-state index in [2.05, 4.69) is 57.9 Å². The van der Waals surface area contributed by atoms with Crippen molar-refractivity contribution in [2.45, 2.75) is 60.2 Å². The number of nitrogens with one attached hydrogen (secondary N) is 1. The van der Waals surface area contributed by atoms with Crippen molar-refractivity contribution in [1.82, 2.24) is 10.2 Å². The number of hydrogen-bond acceptors (Lipinski definition) is 3. The van der Waals surface area contributed by atoms with Crippen LogP contribution >= 0.6 is 0 Å². The first kappa shape index (κ1) is 17.3. The van der Waals surface area contributed by atoms with Gasteiger partial charge in [-0.1, -0.05) is 27.7 Å². The SMILES string of the molecule is CC(C)CNCc1ccoc1CN(C)C(C)CC(C)C. The maximum Gasteiger partial charge on any atom is 0.122 e. The van der Waals surface area contributed by atoms with Gasteiger partial charge in [-0.2, -0.15) is 0 Å². The lowest BCUT2D eigenvalue weighted by Crippen LogP contribution is -2.30. The van der Waals surface area contributed by atoms with Gasteiger partial charge in [0.1, 0.15) is 5.76 Å². The molecule has 0 aliphatic rings. The van der Waals surface area contributed by atoms with Gasteiger partial charge in [0, 0.05) is 18.2 Å². The summed E-state index contributed by atoms with van der Waals surface area (Å²) in [6, 6.07) is 2.67. The first-order valence-corrected chi connectivity index (χ1v) is 7.86. The molecule has 1 aromatic heterocycles. The summed E-state index contributed by atoms with van der Waals surface area (Å²) in [6.07, 6.45) is 3.03. The lowest BCUT2D eigenvalue weighted by molar-refractivity contribution is 0.204. The highest BCUT2D eigenvalue weighted by Crippen LogP contribution is 2.16. The van der Waals surface area contributed by atoms with E-state index in [1.165, 1.54) is 12.0 Å². The van der Waals surface area contributed by atoms with Gasteiger partial charge in [0.15, 0.2) is 0 Å². The van der Waals surface area contributed by atoms with E-state index >= 15 is 0 Å². The van der Waals surface area contributed by atoms with Crippen LogP contribution in [0.5, 0.6) is 0 Å². The molecule has 3 heteroatoms. The molecule has 1 heterocycles. The van der Waals surface area contributed by atoms with Crippen LogP contribution < -0.4 is 5.32 Å². The molecule has 1 unspecified atom stereocenters. The molecule has 3 nitrogen and oxygen atoms in total. The fourth-order valence-corrected chi connectivity index (χ4v) is 2.40. The number of rotatable bonds is 9. The number of hydrogen-bond donors (Lipinski definition) is 1. The first-order chi connectivity index (χ1) is 9.40. The van der Waals surface area contributed by atoms with E-state index in [1.54, 1.807) is 0 Å². The first-order valence-electron chi connectivity index (χ1n) is 7.86. The van der Waals surface area contributed by atoms with Gasteiger partial charge in [0.25, 0.3) is 0 Å². The predicted molar refractivity (Wildman–Crippen MR) is 85.6 cm³/mol. The van der Waals surface area contributed by atoms with E-state index in [4.69, 9.17) is 4.42 Å². The summed E-state index contributed by atoms with van der Waals surface area (Å²) in [7, 11) is 2.18. The molecule has 0 fully saturated rings. The van der Waals surface area contributed by atoms with Gasteiger partial charge in [-0.25, -0.2) is 0 Å². The summed E-state index contributed by atoms with van der Waals surface area (Å²) in [5.74, 6) is 2.51. The molecule has 1 aromatic rings. The molecule has 0 amide bonds. The Hall–Kier alpha value is -0.800. The predicted octanol–water partition coefficient (Wildman–Crippen LogP) is 3.89. The lowest BCUT2D eigenvalue weighted by Gasteiger charge is -2.25. The molecule has 116 valence electrons. The second kappa shape index (κ2) is 8.48. The van der Waals surface area contributed by atoms with Crippen molar-refractivity contribution in [2.24, 2.45) is 11.8 Å². The molecule has 1 rings (SSSR count). The van der Waals surface area contributed by atoms with Crippen molar-refractivity contribution < 1.29 is 4.42 Å². The minimum Gasteiger partial charge on any atom is -0.468 e. The summed E-state index contributed by atoms with van der Waals surface area (Å²) < 4.78 is 5.67. The summed E-state index contributed by atoms with van der Waals surface area (Å²) in [6.45, 7) is 14.1.